The quantitative estimate of drug-likeness (QED) is 0.712. The Balaban J connectivity index is 1.91. The second-order valence-electron chi connectivity index (χ2n) is 5.74. The predicted octanol–water partition coefficient (Wildman–Crippen LogP) is 2.10. The van der Waals surface area contributed by atoms with E-state index in [1.165, 1.54) is 18.2 Å². The number of carbonyl (C=O) groups is 1. The molecule has 2 rings (SSSR count). The highest BCUT2D eigenvalue weighted by Gasteiger charge is 2.23. The number of hydrogen-bond donors (Lipinski definition) is 1. The van der Waals surface area contributed by atoms with Gasteiger partial charge in [-0.2, -0.15) is 0 Å². The maximum atomic E-state index is 13.9. The molecule has 26 heavy (non-hydrogen) atoms. The van der Waals surface area contributed by atoms with Crippen LogP contribution >= 0.6 is 0 Å². The van der Waals surface area contributed by atoms with Crippen molar-refractivity contribution in [2.75, 3.05) is 30.3 Å². The lowest BCUT2D eigenvalue weighted by Crippen LogP contribution is -2.41. The van der Waals surface area contributed by atoms with Crippen LogP contribution in [0.2, 0.25) is 0 Å². The zero-order valence-corrected chi connectivity index (χ0v) is 15.4. The molecular formula is C18H21FN2O4S. The fourth-order valence-electron chi connectivity index (χ4n) is 2.29. The summed E-state index contributed by atoms with van der Waals surface area (Å²) < 4.78 is 44.0. The van der Waals surface area contributed by atoms with Crippen LogP contribution in [0, 0.1) is 12.7 Å². The average molecular weight is 380 g/mol. The fourth-order valence-corrected chi connectivity index (χ4v) is 3.14. The van der Waals surface area contributed by atoms with Crippen molar-refractivity contribution in [2.24, 2.45) is 0 Å². The predicted molar refractivity (Wildman–Crippen MR) is 98.3 cm³/mol. The molecule has 6 nitrogen and oxygen atoms in total. The molecule has 0 radical (unpaired) electrons. The SMILES string of the molecule is Cc1cccc(OCCNC(=O)CN(c2ccccc2F)S(C)(=O)=O)c1. The molecule has 0 aliphatic rings. The van der Waals surface area contributed by atoms with Gasteiger partial charge in [0.1, 0.15) is 24.7 Å². The third-order valence-electron chi connectivity index (χ3n) is 3.49. The van der Waals surface area contributed by atoms with Gasteiger partial charge in [0.15, 0.2) is 0 Å². The third-order valence-corrected chi connectivity index (χ3v) is 4.62. The van der Waals surface area contributed by atoms with Crippen molar-refractivity contribution in [1.29, 1.82) is 0 Å². The first kappa shape index (κ1) is 19.7. The highest BCUT2D eigenvalue weighted by molar-refractivity contribution is 7.92. The van der Waals surface area contributed by atoms with E-state index >= 15 is 0 Å². The number of sulfonamides is 1. The Morgan fingerprint density at radius 1 is 1.19 bits per heavy atom. The van der Waals surface area contributed by atoms with Gasteiger partial charge in [0, 0.05) is 0 Å². The van der Waals surface area contributed by atoms with Crippen LogP contribution in [-0.4, -0.2) is 40.3 Å². The van der Waals surface area contributed by atoms with Crippen LogP contribution in [0.15, 0.2) is 48.5 Å². The number of hydrogen-bond acceptors (Lipinski definition) is 4. The number of amides is 1. The van der Waals surface area contributed by atoms with E-state index in [4.69, 9.17) is 4.74 Å². The molecule has 0 saturated heterocycles. The summed E-state index contributed by atoms with van der Waals surface area (Å²) in [5.41, 5.74) is 0.890. The third kappa shape index (κ3) is 5.73. The number of rotatable bonds is 8. The van der Waals surface area contributed by atoms with Crippen molar-refractivity contribution >= 4 is 21.6 Å². The van der Waals surface area contributed by atoms with Crippen LogP contribution in [-0.2, 0) is 14.8 Å². The summed E-state index contributed by atoms with van der Waals surface area (Å²) in [6.45, 7) is 1.86. The molecule has 0 bridgehead atoms. The van der Waals surface area contributed by atoms with E-state index in [9.17, 15) is 17.6 Å². The molecular weight excluding hydrogens is 359 g/mol. The molecule has 0 saturated carbocycles. The van der Waals surface area contributed by atoms with Crippen molar-refractivity contribution in [3.63, 3.8) is 0 Å². The number of benzene rings is 2. The summed E-state index contributed by atoms with van der Waals surface area (Å²) in [5, 5.41) is 2.57. The van der Waals surface area contributed by atoms with Gasteiger partial charge < -0.3 is 10.1 Å². The zero-order valence-electron chi connectivity index (χ0n) is 14.6. The van der Waals surface area contributed by atoms with Gasteiger partial charge in [-0.1, -0.05) is 24.3 Å². The highest BCUT2D eigenvalue weighted by atomic mass is 32.2. The lowest BCUT2D eigenvalue weighted by atomic mass is 10.2. The van der Waals surface area contributed by atoms with Gasteiger partial charge in [-0.15, -0.1) is 0 Å². The van der Waals surface area contributed by atoms with Gasteiger partial charge in [-0.05, 0) is 36.8 Å². The Morgan fingerprint density at radius 3 is 2.58 bits per heavy atom. The summed E-state index contributed by atoms with van der Waals surface area (Å²) in [7, 11) is -3.81. The summed E-state index contributed by atoms with van der Waals surface area (Å²) in [6.07, 6.45) is 0.924. The molecule has 140 valence electrons. The summed E-state index contributed by atoms with van der Waals surface area (Å²) in [6, 6.07) is 12.9. The van der Waals surface area contributed by atoms with Gasteiger partial charge in [-0.3, -0.25) is 9.10 Å². The molecule has 0 fully saturated rings. The molecule has 1 N–H and O–H groups in total. The molecule has 0 atom stereocenters. The minimum absolute atomic E-state index is 0.166. The Hall–Kier alpha value is -2.61. The molecule has 0 aliphatic heterocycles. The monoisotopic (exact) mass is 380 g/mol. The maximum absolute atomic E-state index is 13.9. The molecule has 0 aromatic heterocycles. The van der Waals surface area contributed by atoms with Gasteiger partial charge in [-0.25, -0.2) is 12.8 Å². The number of nitrogens with one attached hydrogen (secondary N) is 1. The Kier molecular flexibility index (Phi) is 6.57. The van der Waals surface area contributed by atoms with E-state index in [0.717, 1.165) is 22.2 Å². The van der Waals surface area contributed by atoms with Crippen molar-refractivity contribution in [3.8, 4) is 5.75 Å². The molecule has 1 amide bonds. The second-order valence-corrected chi connectivity index (χ2v) is 7.64. The smallest absolute Gasteiger partial charge is 0.240 e. The van der Waals surface area contributed by atoms with Gasteiger partial charge in [0.05, 0.1) is 18.5 Å². The Labute approximate surface area is 152 Å². The summed E-state index contributed by atoms with van der Waals surface area (Å²) in [4.78, 5) is 12.1. The van der Waals surface area contributed by atoms with E-state index in [1.54, 1.807) is 6.07 Å². The van der Waals surface area contributed by atoms with Crippen LogP contribution in [0.1, 0.15) is 5.56 Å². The number of anilines is 1. The van der Waals surface area contributed by atoms with Crippen LogP contribution < -0.4 is 14.4 Å². The van der Waals surface area contributed by atoms with Crippen molar-refractivity contribution in [1.82, 2.24) is 5.32 Å². The van der Waals surface area contributed by atoms with E-state index in [1.807, 2.05) is 25.1 Å². The van der Waals surface area contributed by atoms with E-state index in [2.05, 4.69) is 5.32 Å². The summed E-state index contributed by atoms with van der Waals surface area (Å²) in [5.74, 6) is -0.580. The Bertz CT molecular complexity index is 871. The van der Waals surface area contributed by atoms with Crippen LogP contribution in [0.3, 0.4) is 0 Å². The zero-order chi connectivity index (χ0) is 19.2. The molecule has 2 aromatic carbocycles. The first-order valence-electron chi connectivity index (χ1n) is 7.96. The fraction of sp³-hybridized carbons (Fsp3) is 0.278. The number of halogens is 1. The van der Waals surface area contributed by atoms with Gasteiger partial charge >= 0.3 is 0 Å². The lowest BCUT2D eigenvalue weighted by Gasteiger charge is -2.22. The van der Waals surface area contributed by atoms with Gasteiger partial charge in [0.2, 0.25) is 15.9 Å². The molecule has 0 heterocycles. The van der Waals surface area contributed by atoms with Gasteiger partial charge in [0.25, 0.3) is 0 Å². The Morgan fingerprint density at radius 2 is 1.92 bits per heavy atom. The van der Waals surface area contributed by atoms with Crippen LogP contribution in [0.5, 0.6) is 5.75 Å². The number of aryl methyl sites for hydroxylation is 1. The standard InChI is InChI=1S/C18H21FN2O4S/c1-14-6-5-7-15(12-14)25-11-10-20-18(22)13-21(26(2,23)24)17-9-4-3-8-16(17)19/h3-9,12H,10-11,13H2,1-2H3,(H,20,22). The van der Waals surface area contributed by atoms with E-state index < -0.39 is 28.3 Å². The lowest BCUT2D eigenvalue weighted by molar-refractivity contribution is -0.119. The maximum Gasteiger partial charge on any atom is 0.240 e. The largest absolute Gasteiger partial charge is 0.492 e. The molecule has 8 heteroatoms. The highest BCUT2D eigenvalue weighted by Crippen LogP contribution is 2.20. The number of para-hydroxylation sites is 1. The normalized spacial score (nSPS) is 11.0. The first-order valence-corrected chi connectivity index (χ1v) is 9.80. The average Bonchev–Trinajstić information content (AvgIpc) is 2.56. The second kappa shape index (κ2) is 8.66. The molecule has 0 aliphatic carbocycles. The van der Waals surface area contributed by atoms with Crippen molar-refractivity contribution in [2.45, 2.75) is 6.92 Å². The molecule has 0 spiro atoms. The van der Waals surface area contributed by atoms with E-state index in [0.29, 0.717) is 5.75 Å². The van der Waals surface area contributed by atoms with Crippen molar-refractivity contribution < 1.29 is 22.3 Å². The molecule has 2 aromatic rings. The van der Waals surface area contributed by atoms with Crippen molar-refractivity contribution in [3.05, 3.63) is 59.9 Å². The topological polar surface area (TPSA) is 75.7 Å². The first-order chi connectivity index (χ1) is 12.3. The number of ether oxygens (including phenoxy) is 1. The van der Waals surface area contributed by atoms with Crippen LogP contribution in [0.25, 0.3) is 0 Å². The number of carbonyl (C=O) groups excluding carboxylic acids is 1. The number of nitrogens with zero attached hydrogens (tertiary/aromatic N) is 1. The molecule has 0 unspecified atom stereocenters. The summed E-state index contributed by atoms with van der Waals surface area (Å²) >= 11 is 0. The van der Waals surface area contributed by atoms with Crippen LogP contribution in [0.4, 0.5) is 10.1 Å². The van der Waals surface area contributed by atoms with E-state index in [-0.39, 0.29) is 18.8 Å². The minimum Gasteiger partial charge on any atom is -0.492 e. The minimum atomic E-state index is -3.81.